The van der Waals surface area contributed by atoms with Crippen LogP contribution in [0.1, 0.15) is 13.8 Å². The molecule has 0 saturated heterocycles. The highest BCUT2D eigenvalue weighted by Gasteiger charge is 2.15. The number of hydrogen-bond acceptors (Lipinski definition) is 6. The summed E-state index contributed by atoms with van der Waals surface area (Å²) >= 11 is 1.42. The van der Waals surface area contributed by atoms with Crippen LogP contribution in [0.4, 0.5) is 0 Å². The fraction of sp³-hybridized carbons (Fsp3) is 0.333. The summed E-state index contributed by atoms with van der Waals surface area (Å²) in [6.45, 7) is 3.60. The minimum Gasteiger partial charge on any atom is -0.504 e. The largest absolute Gasteiger partial charge is 0.504 e. The Morgan fingerprint density at radius 1 is 1.56 bits per heavy atom. The lowest BCUT2D eigenvalue weighted by Gasteiger charge is -2.21. The van der Waals surface area contributed by atoms with E-state index in [0.29, 0.717) is 10.7 Å². The van der Waals surface area contributed by atoms with Crippen molar-refractivity contribution in [3.8, 4) is 16.5 Å². The van der Waals surface area contributed by atoms with Crippen LogP contribution < -0.4 is 11.2 Å². The maximum atomic E-state index is 9.70. The summed E-state index contributed by atoms with van der Waals surface area (Å²) in [6, 6.07) is 0. The highest BCUT2D eigenvalue weighted by atomic mass is 32.1. The Labute approximate surface area is 96.7 Å². The van der Waals surface area contributed by atoms with E-state index in [1.165, 1.54) is 22.3 Å². The summed E-state index contributed by atoms with van der Waals surface area (Å²) in [5.74, 6) is 0.0756. The predicted molar refractivity (Wildman–Crippen MR) is 62.6 cm³/mol. The van der Waals surface area contributed by atoms with Crippen molar-refractivity contribution in [1.82, 2.24) is 14.9 Å². The lowest BCUT2D eigenvalue weighted by molar-refractivity contribution is 0.471. The van der Waals surface area contributed by atoms with E-state index in [1.54, 1.807) is 20.0 Å². The summed E-state index contributed by atoms with van der Waals surface area (Å²) < 4.78 is 0. The van der Waals surface area contributed by atoms with Crippen molar-refractivity contribution in [2.75, 3.05) is 5.43 Å². The molecule has 0 aliphatic carbocycles. The smallest absolute Gasteiger partial charge is 0.166 e. The average Bonchev–Trinajstić information content (AvgIpc) is 2.71. The van der Waals surface area contributed by atoms with Crippen LogP contribution in [-0.4, -0.2) is 25.6 Å². The summed E-state index contributed by atoms with van der Waals surface area (Å²) in [5, 5.41) is 16.4. The molecule has 0 aliphatic rings. The van der Waals surface area contributed by atoms with Gasteiger partial charge in [-0.25, -0.2) is 4.98 Å². The van der Waals surface area contributed by atoms with Gasteiger partial charge in [0.15, 0.2) is 11.4 Å². The Kier molecular flexibility index (Phi) is 2.56. The van der Waals surface area contributed by atoms with Gasteiger partial charge in [-0.1, -0.05) is 0 Å². The molecule has 0 spiro atoms. The van der Waals surface area contributed by atoms with Crippen LogP contribution in [0.5, 0.6) is 5.75 Å². The number of nitrogens with two attached hydrogens (primary N) is 1. The Hall–Kier alpha value is -1.60. The standard InChI is InChI=1S/C9H13N5OS/c1-9(2,10)13-14-5-6(15)7(12-14)8-11-3-4-16-8/h3-5,13,15H,10H2,1-2H3. The van der Waals surface area contributed by atoms with E-state index in [4.69, 9.17) is 5.73 Å². The van der Waals surface area contributed by atoms with Gasteiger partial charge in [0, 0.05) is 11.6 Å². The first-order valence-corrected chi connectivity index (χ1v) is 5.59. The van der Waals surface area contributed by atoms with Crippen LogP contribution >= 0.6 is 11.3 Å². The molecule has 2 heterocycles. The first kappa shape index (κ1) is 10.9. The molecule has 2 rings (SSSR count). The van der Waals surface area contributed by atoms with Crippen molar-refractivity contribution < 1.29 is 5.11 Å². The quantitative estimate of drug-likeness (QED) is 0.694. The van der Waals surface area contributed by atoms with Gasteiger partial charge in [-0.2, -0.15) is 4.79 Å². The number of nitrogens with zero attached hydrogens (tertiary/aromatic N) is 3. The molecule has 6 nitrogen and oxygen atoms in total. The third-order valence-electron chi connectivity index (χ3n) is 1.73. The average molecular weight is 239 g/mol. The van der Waals surface area contributed by atoms with Crippen LogP contribution in [-0.2, 0) is 0 Å². The van der Waals surface area contributed by atoms with Gasteiger partial charge in [0.25, 0.3) is 0 Å². The number of rotatable bonds is 3. The molecule has 0 fully saturated rings. The van der Waals surface area contributed by atoms with Gasteiger partial charge >= 0.3 is 0 Å². The van der Waals surface area contributed by atoms with Crippen molar-refractivity contribution in [2.45, 2.75) is 19.5 Å². The highest BCUT2D eigenvalue weighted by molar-refractivity contribution is 7.13. The molecule has 0 aromatic carbocycles. The maximum absolute atomic E-state index is 9.70. The van der Waals surface area contributed by atoms with Gasteiger partial charge in [-0.15, -0.1) is 16.4 Å². The maximum Gasteiger partial charge on any atom is 0.166 e. The summed E-state index contributed by atoms with van der Waals surface area (Å²) in [7, 11) is 0. The summed E-state index contributed by atoms with van der Waals surface area (Å²) in [5.41, 5.74) is 8.52. The Morgan fingerprint density at radius 3 is 2.88 bits per heavy atom. The summed E-state index contributed by atoms with van der Waals surface area (Å²) in [4.78, 5) is 5.48. The van der Waals surface area contributed by atoms with E-state index in [-0.39, 0.29) is 5.75 Å². The monoisotopic (exact) mass is 239 g/mol. The van der Waals surface area contributed by atoms with Crippen molar-refractivity contribution in [3.05, 3.63) is 17.8 Å². The van der Waals surface area contributed by atoms with Gasteiger partial charge in [0.1, 0.15) is 5.01 Å². The van der Waals surface area contributed by atoms with Crippen LogP contribution in [0, 0.1) is 0 Å². The summed E-state index contributed by atoms with van der Waals surface area (Å²) in [6.07, 6.45) is 3.13. The van der Waals surface area contributed by atoms with E-state index >= 15 is 0 Å². The van der Waals surface area contributed by atoms with Crippen LogP contribution in [0.2, 0.25) is 0 Å². The van der Waals surface area contributed by atoms with E-state index in [0.717, 1.165) is 0 Å². The lowest BCUT2D eigenvalue weighted by atomic mass is 10.3. The molecule has 4 N–H and O–H groups in total. The first-order chi connectivity index (χ1) is 7.46. The third-order valence-corrected chi connectivity index (χ3v) is 2.51. The number of aromatic hydroxyl groups is 1. The Morgan fingerprint density at radius 2 is 2.31 bits per heavy atom. The molecule has 86 valence electrons. The lowest BCUT2D eigenvalue weighted by Crippen LogP contribution is -2.45. The second kappa shape index (κ2) is 3.76. The Balaban J connectivity index is 2.29. The Bertz CT molecular complexity index is 471. The van der Waals surface area contributed by atoms with Crippen LogP contribution in [0.3, 0.4) is 0 Å². The molecule has 0 atom stereocenters. The molecule has 0 bridgehead atoms. The van der Waals surface area contributed by atoms with Crippen molar-refractivity contribution in [2.24, 2.45) is 5.73 Å². The zero-order valence-electron chi connectivity index (χ0n) is 9.01. The molecular formula is C9H13N5OS. The zero-order chi connectivity index (χ0) is 11.8. The van der Waals surface area contributed by atoms with Gasteiger partial charge in [-0.3, -0.25) is 5.43 Å². The molecule has 2 aromatic heterocycles. The fourth-order valence-electron chi connectivity index (χ4n) is 1.21. The normalized spacial score (nSPS) is 11.7. The van der Waals surface area contributed by atoms with Gasteiger partial charge in [-0.05, 0) is 13.8 Å². The SMILES string of the molecule is CC(C)(N)Nn1cc(O)c(-c2nccs2)n1. The fourth-order valence-corrected chi connectivity index (χ4v) is 1.84. The van der Waals surface area contributed by atoms with E-state index in [9.17, 15) is 5.11 Å². The van der Waals surface area contributed by atoms with Crippen molar-refractivity contribution in [3.63, 3.8) is 0 Å². The number of thiazole rings is 1. The van der Waals surface area contributed by atoms with Gasteiger partial charge in [0.05, 0.1) is 11.9 Å². The first-order valence-electron chi connectivity index (χ1n) is 4.71. The molecule has 0 unspecified atom stereocenters. The topological polar surface area (TPSA) is 89.0 Å². The van der Waals surface area contributed by atoms with Crippen molar-refractivity contribution >= 4 is 11.3 Å². The third kappa shape index (κ3) is 2.31. The van der Waals surface area contributed by atoms with Crippen LogP contribution in [0.25, 0.3) is 10.7 Å². The molecule has 0 amide bonds. The highest BCUT2D eigenvalue weighted by Crippen LogP contribution is 2.28. The zero-order valence-corrected chi connectivity index (χ0v) is 9.82. The molecule has 0 saturated carbocycles. The second-order valence-corrected chi connectivity index (χ2v) is 4.87. The van der Waals surface area contributed by atoms with Gasteiger partial charge in [0.2, 0.25) is 0 Å². The van der Waals surface area contributed by atoms with E-state index < -0.39 is 5.66 Å². The number of hydrogen-bond donors (Lipinski definition) is 3. The molecule has 0 radical (unpaired) electrons. The molecule has 16 heavy (non-hydrogen) atoms. The van der Waals surface area contributed by atoms with Crippen molar-refractivity contribution in [1.29, 1.82) is 0 Å². The minimum absolute atomic E-state index is 0.0756. The van der Waals surface area contributed by atoms with Gasteiger partial charge < -0.3 is 10.8 Å². The number of aromatic nitrogens is 3. The molecule has 0 aliphatic heterocycles. The number of nitrogens with one attached hydrogen (secondary N) is 1. The molecular weight excluding hydrogens is 226 g/mol. The molecule has 2 aromatic rings. The van der Waals surface area contributed by atoms with E-state index in [2.05, 4.69) is 15.5 Å². The van der Waals surface area contributed by atoms with E-state index in [1.807, 2.05) is 5.38 Å². The minimum atomic E-state index is -0.612. The van der Waals surface area contributed by atoms with Crippen LogP contribution in [0.15, 0.2) is 17.8 Å². The predicted octanol–water partition coefficient (Wildman–Crippen LogP) is 0.951. The molecule has 7 heteroatoms. The second-order valence-electron chi connectivity index (χ2n) is 3.98.